The van der Waals surface area contributed by atoms with E-state index in [1.165, 1.54) is 12.1 Å². The molecule has 1 rings (SSSR count). The van der Waals surface area contributed by atoms with Crippen LogP contribution in [0.25, 0.3) is 0 Å². The van der Waals surface area contributed by atoms with Crippen LogP contribution in [0, 0.1) is 11.2 Å². The Hall–Kier alpha value is -0.800. The van der Waals surface area contributed by atoms with Gasteiger partial charge in [0, 0.05) is 23.3 Å². The lowest BCUT2D eigenvalue weighted by Crippen LogP contribution is -2.32. The predicted molar refractivity (Wildman–Crippen MR) is 71.9 cm³/mol. The van der Waals surface area contributed by atoms with Crippen LogP contribution < -0.4 is 11.1 Å². The van der Waals surface area contributed by atoms with Crippen LogP contribution in [0.1, 0.15) is 27.2 Å². The van der Waals surface area contributed by atoms with E-state index in [4.69, 9.17) is 17.3 Å². The number of nitrogens with one attached hydrogen (secondary N) is 1. The molecule has 0 bridgehead atoms. The van der Waals surface area contributed by atoms with Crippen LogP contribution in [-0.2, 0) is 0 Å². The Morgan fingerprint density at radius 3 is 2.47 bits per heavy atom. The fraction of sp³-hybridized carbons (Fsp3) is 0.538. The van der Waals surface area contributed by atoms with E-state index in [1.54, 1.807) is 6.07 Å². The van der Waals surface area contributed by atoms with Crippen molar-refractivity contribution in [2.24, 2.45) is 11.1 Å². The number of benzene rings is 1. The van der Waals surface area contributed by atoms with Crippen molar-refractivity contribution in [3.8, 4) is 0 Å². The van der Waals surface area contributed by atoms with Crippen molar-refractivity contribution in [1.29, 1.82) is 0 Å². The van der Waals surface area contributed by atoms with Gasteiger partial charge in [-0.05, 0) is 30.0 Å². The predicted octanol–water partition coefficient (Wildman–Crippen LogP) is 3.65. The second-order valence-electron chi connectivity index (χ2n) is 5.50. The maximum absolute atomic E-state index is 13.2. The van der Waals surface area contributed by atoms with Crippen molar-refractivity contribution in [3.05, 3.63) is 29.0 Å². The second kappa shape index (κ2) is 5.69. The number of nitrogens with two attached hydrogens (primary N) is 1. The minimum atomic E-state index is -0.341. The van der Waals surface area contributed by atoms with Crippen molar-refractivity contribution >= 4 is 17.3 Å². The molecule has 0 aromatic heterocycles. The van der Waals surface area contributed by atoms with Gasteiger partial charge in [-0.25, -0.2) is 4.39 Å². The third-order valence-electron chi connectivity index (χ3n) is 2.38. The van der Waals surface area contributed by atoms with Crippen LogP contribution in [0.15, 0.2) is 18.2 Å². The van der Waals surface area contributed by atoms with Crippen molar-refractivity contribution < 1.29 is 4.39 Å². The van der Waals surface area contributed by atoms with Crippen LogP contribution in [0.2, 0.25) is 5.02 Å². The quantitative estimate of drug-likeness (QED) is 0.865. The van der Waals surface area contributed by atoms with E-state index in [0.29, 0.717) is 17.3 Å². The van der Waals surface area contributed by atoms with Gasteiger partial charge in [0.05, 0.1) is 0 Å². The molecule has 0 saturated heterocycles. The summed E-state index contributed by atoms with van der Waals surface area (Å²) in [5, 5.41) is 3.61. The fourth-order valence-corrected chi connectivity index (χ4v) is 2.03. The average molecular weight is 259 g/mol. The van der Waals surface area contributed by atoms with Crippen LogP contribution in [0.3, 0.4) is 0 Å². The van der Waals surface area contributed by atoms with Crippen molar-refractivity contribution in [2.75, 3.05) is 11.9 Å². The van der Waals surface area contributed by atoms with E-state index in [9.17, 15) is 4.39 Å². The molecule has 96 valence electrons. The number of hydrogen-bond acceptors (Lipinski definition) is 2. The third-order valence-corrected chi connectivity index (χ3v) is 2.59. The van der Waals surface area contributed by atoms with E-state index in [2.05, 4.69) is 26.1 Å². The Balaban J connectivity index is 2.73. The molecule has 0 heterocycles. The normalized spacial score (nSPS) is 13.5. The molecule has 1 aromatic carbocycles. The first-order valence-electron chi connectivity index (χ1n) is 5.73. The summed E-state index contributed by atoms with van der Waals surface area (Å²) >= 11 is 5.80. The minimum Gasteiger partial charge on any atom is -0.381 e. The molecule has 3 N–H and O–H groups in total. The summed E-state index contributed by atoms with van der Waals surface area (Å²) in [6.07, 6.45) is 0.914. The standard InChI is InChI=1S/C13H20ClFN2/c1-13(2,3)7-12(8-16)17-11-5-9(14)4-10(15)6-11/h4-6,12,17H,7-8,16H2,1-3H3. The van der Waals surface area contributed by atoms with E-state index < -0.39 is 0 Å². The summed E-state index contributed by atoms with van der Waals surface area (Å²) in [6.45, 7) is 6.95. The van der Waals surface area contributed by atoms with Crippen molar-refractivity contribution in [3.63, 3.8) is 0 Å². The Morgan fingerprint density at radius 1 is 1.35 bits per heavy atom. The maximum atomic E-state index is 13.2. The van der Waals surface area contributed by atoms with Gasteiger partial charge in [-0.3, -0.25) is 0 Å². The van der Waals surface area contributed by atoms with Crippen molar-refractivity contribution in [1.82, 2.24) is 0 Å². The zero-order valence-corrected chi connectivity index (χ0v) is 11.3. The molecule has 0 aliphatic heterocycles. The molecule has 0 amide bonds. The highest BCUT2D eigenvalue weighted by Gasteiger charge is 2.17. The second-order valence-corrected chi connectivity index (χ2v) is 5.94. The molecule has 1 atom stereocenters. The molecule has 2 nitrogen and oxygen atoms in total. The summed E-state index contributed by atoms with van der Waals surface area (Å²) < 4.78 is 13.2. The summed E-state index contributed by atoms with van der Waals surface area (Å²) in [5.74, 6) is -0.341. The van der Waals surface area contributed by atoms with Gasteiger partial charge in [0.2, 0.25) is 0 Å². The average Bonchev–Trinajstić information content (AvgIpc) is 2.12. The Bertz CT molecular complexity index is 354. The zero-order chi connectivity index (χ0) is 13.1. The Kier molecular flexibility index (Phi) is 4.78. The highest BCUT2D eigenvalue weighted by molar-refractivity contribution is 6.30. The first-order chi connectivity index (χ1) is 7.80. The van der Waals surface area contributed by atoms with Gasteiger partial charge in [0.1, 0.15) is 5.82 Å². The highest BCUT2D eigenvalue weighted by atomic mass is 35.5. The maximum Gasteiger partial charge on any atom is 0.126 e. The van der Waals surface area contributed by atoms with Gasteiger partial charge in [-0.1, -0.05) is 32.4 Å². The molecule has 4 heteroatoms. The molecule has 0 saturated carbocycles. The number of hydrogen-bond donors (Lipinski definition) is 2. The highest BCUT2D eigenvalue weighted by Crippen LogP contribution is 2.24. The SMILES string of the molecule is CC(C)(C)CC(CN)Nc1cc(F)cc(Cl)c1. The summed E-state index contributed by atoms with van der Waals surface area (Å²) in [7, 11) is 0. The molecular formula is C13H20ClFN2. The summed E-state index contributed by atoms with van der Waals surface area (Å²) in [4.78, 5) is 0. The van der Waals surface area contributed by atoms with Gasteiger partial charge >= 0.3 is 0 Å². The molecule has 17 heavy (non-hydrogen) atoms. The summed E-state index contributed by atoms with van der Waals surface area (Å²) in [5.41, 5.74) is 6.57. The van der Waals surface area contributed by atoms with Crippen molar-refractivity contribution in [2.45, 2.75) is 33.2 Å². The fourth-order valence-electron chi connectivity index (χ4n) is 1.81. The van der Waals surface area contributed by atoms with E-state index in [1.807, 2.05) is 0 Å². The third kappa shape index (κ3) is 5.37. The van der Waals surface area contributed by atoms with Crippen LogP contribution in [0.5, 0.6) is 0 Å². The van der Waals surface area contributed by atoms with Gasteiger partial charge < -0.3 is 11.1 Å². The zero-order valence-electron chi connectivity index (χ0n) is 10.6. The molecule has 0 aliphatic rings. The van der Waals surface area contributed by atoms with E-state index >= 15 is 0 Å². The first kappa shape index (κ1) is 14.3. The number of anilines is 1. The minimum absolute atomic E-state index is 0.118. The molecular weight excluding hydrogens is 239 g/mol. The van der Waals surface area contributed by atoms with Crippen LogP contribution in [0.4, 0.5) is 10.1 Å². The topological polar surface area (TPSA) is 38.0 Å². The molecule has 0 aliphatic carbocycles. The summed E-state index contributed by atoms with van der Waals surface area (Å²) in [6, 6.07) is 4.54. The Morgan fingerprint density at radius 2 is 2.00 bits per heavy atom. The molecule has 0 spiro atoms. The van der Waals surface area contributed by atoms with E-state index in [-0.39, 0.29) is 17.3 Å². The first-order valence-corrected chi connectivity index (χ1v) is 6.10. The van der Waals surface area contributed by atoms with Gasteiger partial charge in [-0.2, -0.15) is 0 Å². The smallest absolute Gasteiger partial charge is 0.126 e. The lowest BCUT2D eigenvalue weighted by molar-refractivity contribution is 0.351. The van der Waals surface area contributed by atoms with Gasteiger partial charge in [0.25, 0.3) is 0 Å². The lowest BCUT2D eigenvalue weighted by atomic mass is 9.88. The monoisotopic (exact) mass is 258 g/mol. The van der Waals surface area contributed by atoms with Gasteiger partial charge in [-0.15, -0.1) is 0 Å². The number of rotatable bonds is 4. The van der Waals surface area contributed by atoms with Crippen LogP contribution in [-0.4, -0.2) is 12.6 Å². The lowest BCUT2D eigenvalue weighted by Gasteiger charge is -2.26. The molecule has 1 aromatic rings. The van der Waals surface area contributed by atoms with E-state index in [0.717, 1.165) is 6.42 Å². The molecule has 1 unspecified atom stereocenters. The largest absolute Gasteiger partial charge is 0.381 e. The Labute approximate surface area is 107 Å². The molecule has 0 radical (unpaired) electrons. The van der Waals surface area contributed by atoms with Gasteiger partial charge in [0.15, 0.2) is 0 Å². The van der Waals surface area contributed by atoms with Crippen LogP contribution >= 0.6 is 11.6 Å². The molecule has 0 fully saturated rings. The number of halogens is 2.